The van der Waals surface area contributed by atoms with Crippen molar-refractivity contribution in [1.82, 2.24) is 9.97 Å². The van der Waals surface area contributed by atoms with Crippen molar-refractivity contribution in [2.45, 2.75) is 52.7 Å². The Balaban J connectivity index is 2.18. The fourth-order valence-electron chi connectivity index (χ4n) is 2.69. The summed E-state index contributed by atoms with van der Waals surface area (Å²) in [5.74, 6) is 0.483. The molecule has 0 aliphatic heterocycles. The maximum atomic E-state index is 13.0. The van der Waals surface area contributed by atoms with Gasteiger partial charge < -0.3 is 13.9 Å². The Morgan fingerprint density at radius 1 is 0.935 bits per heavy atom. The number of nitrogens with zero attached hydrogens (tertiary/aromatic N) is 3. The number of halogens is 1. The molecule has 0 saturated heterocycles. The van der Waals surface area contributed by atoms with Crippen LogP contribution in [0.2, 0.25) is 0 Å². The van der Waals surface area contributed by atoms with Gasteiger partial charge in [0, 0.05) is 5.56 Å². The molecule has 3 rings (SSSR count). The Hall–Kier alpha value is -2.94. The molecule has 9 heteroatoms. The molecule has 2 heterocycles. The summed E-state index contributed by atoms with van der Waals surface area (Å²) in [5, 5.41) is 0.345. The number of aromatic nitrogens is 2. The molecule has 31 heavy (non-hydrogen) atoms. The summed E-state index contributed by atoms with van der Waals surface area (Å²) >= 11 is 3.52. The number of furan rings is 1. The highest BCUT2D eigenvalue weighted by Gasteiger charge is 2.36. The van der Waals surface area contributed by atoms with Crippen molar-refractivity contribution in [3.05, 3.63) is 41.1 Å². The van der Waals surface area contributed by atoms with Crippen LogP contribution >= 0.6 is 15.9 Å². The van der Waals surface area contributed by atoms with Gasteiger partial charge in [-0.1, -0.05) is 30.3 Å². The highest BCUT2D eigenvalue weighted by atomic mass is 79.9. The first-order valence-corrected chi connectivity index (χ1v) is 10.4. The Labute approximate surface area is 188 Å². The smallest absolute Gasteiger partial charge is 0.425 e. The molecule has 1 aromatic carbocycles. The Bertz CT molecular complexity index is 1090. The fourth-order valence-corrected chi connectivity index (χ4v) is 3.35. The molecular weight excluding hydrogens is 466 g/mol. The van der Waals surface area contributed by atoms with E-state index in [9.17, 15) is 9.59 Å². The molecule has 0 saturated carbocycles. The van der Waals surface area contributed by atoms with Crippen molar-refractivity contribution in [2.24, 2.45) is 0 Å². The lowest BCUT2D eigenvalue weighted by Gasteiger charge is -2.28. The fraction of sp³-hybridized carbons (Fsp3) is 0.364. The van der Waals surface area contributed by atoms with Crippen molar-refractivity contribution in [1.29, 1.82) is 0 Å². The maximum Gasteiger partial charge on any atom is 0.425 e. The number of hydrogen-bond donors (Lipinski definition) is 0. The molecule has 0 atom stereocenters. The first-order valence-electron chi connectivity index (χ1n) is 9.62. The van der Waals surface area contributed by atoms with Crippen molar-refractivity contribution in [3.63, 3.8) is 0 Å². The van der Waals surface area contributed by atoms with Crippen LogP contribution in [0, 0.1) is 0 Å². The van der Waals surface area contributed by atoms with E-state index in [4.69, 9.17) is 13.9 Å². The van der Waals surface area contributed by atoms with E-state index in [2.05, 4.69) is 25.9 Å². The summed E-state index contributed by atoms with van der Waals surface area (Å²) in [6.45, 7) is 10.2. The van der Waals surface area contributed by atoms with Crippen LogP contribution in [0.25, 0.3) is 22.4 Å². The molecule has 0 spiro atoms. The van der Waals surface area contributed by atoms with Gasteiger partial charge >= 0.3 is 12.2 Å². The van der Waals surface area contributed by atoms with Crippen LogP contribution in [-0.4, -0.2) is 33.4 Å². The molecule has 0 aliphatic rings. The lowest BCUT2D eigenvalue weighted by Crippen LogP contribution is -2.44. The second-order valence-corrected chi connectivity index (χ2v) is 9.58. The molecule has 3 aromatic rings. The SMILES string of the molecule is CC(C)(C)OC(=O)N(C(=O)OC(C)(C)C)c1ncnc2oc(-c3ccccc3)c(Br)c12. The number of amides is 2. The molecule has 0 N–H and O–H groups in total. The second kappa shape index (κ2) is 8.30. The Morgan fingerprint density at radius 3 is 2.00 bits per heavy atom. The zero-order chi connectivity index (χ0) is 23.0. The lowest BCUT2D eigenvalue weighted by molar-refractivity contribution is 0.0429. The number of ether oxygens (including phenoxy) is 2. The minimum absolute atomic E-state index is 0.00805. The number of benzene rings is 1. The van der Waals surface area contributed by atoms with E-state index in [-0.39, 0.29) is 11.5 Å². The van der Waals surface area contributed by atoms with E-state index in [1.807, 2.05) is 30.3 Å². The summed E-state index contributed by atoms with van der Waals surface area (Å²) in [6, 6.07) is 9.37. The van der Waals surface area contributed by atoms with Crippen LogP contribution in [0.5, 0.6) is 0 Å². The van der Waals surface area contributed by atoms with Crippen molar-refractivity contribution in [2.75, 3.05) is 4.90 Å². The third-order valence-corrected chi connectivity index (χ3v) is 4.57. The van der Waals surface area contributed by atoms with Gasteiger partial charge in [-0.15, -0.1) is 0 Å². The van der Waals surface area contributed by atoms with Gasteiger partial charge in [-0.3, -0.25) is 0 Å². The lowest BCUT2D eigenvalue weighted by atomic mass is 10.1. The summed E-state index contributed by atoms with van der Waals surface area (Å²) in [6.07, 6.45) is -0.628. The molecule has 0 bridgehead atoms. The molecule has 0 radical (unpaired) electrons. The van der Waals surface area contributed by atoms with E-state index in [0.29, 0.717) is 15.6 Å². The highest BCUT2D eigenvalue weighted by Crippen LogP contribution is 2.41. The number of fused-ring (bicyclic) bond motifs is 1. The van der Waals surface area contributed by atoms with E-state index in [1.54, 1.807) is 41.5 Å². The zero-order valence-electron chi connectivity index (χ0n) is 18.2. The quantitative estimate of drug-likeness (QED) is 0.414. The van der Waals surface area contributed by atoms with Gasteiger partial charge in [-0.2, -0.15) is 4.90 Å². The summed E-state index contributed by atoms with van der Waals surface area (Å²) in [4.78, 5) is 35.2. The number of carbonyl (C=O) groups is 2. The Morgan fingerprint density at radius 2 is 1.48 bits per heavy atom. The van der Waals surface area contributed by atoms with Crippen molar-refractivity contribution >= 4 is 45.0 Å². The molecule has 2 amide bonds. The van der Waals surface area contributed by atoms with Crippen LogP contribution in [0.3, 0.4) is 0 Å². The van der Waals surface area contributed by atoms with Crippen molar-refractivity contribution < 1.29 is 23.5 Å². The normalized spacial score (nSPS) is 12.0. The third-order valence-electron chi connectivity index (χ3n) is 3.81. The van der Waals surface area contributed by atoms with E-state index in [0.717, 1.165) is 10.5 Å². The predicted octanol–water partition coefficient (Wildman–Crippen LogP) is 6.33. The average molecular weight is 490 g/mol. The van der Waals surface area contributed by atoms with E-state index < -0.39 is 23.4 Å². The van der Waals surface area contributed by atoms with Gasteiger partial charge in [0.15, 0.2) is 11.6 Å². The predicted molar refractivity (Wildman–Crippen MR) is 120 cm³/mol. The van der Waals surface area contributed by atoms with E-state index >= 15 is 0 Å². The van der Waals surface area contributed by atoms with Gasteiger partial charge in [0.05, 0.1) is 9.86 Å². The first kappa shape index (κ1) is 22.7. The van der Waals surface area contributed by atoms with Gasteiger partial charge in [0.2, 0.25) is 5.71 Å². The number of rotatable bonds is 2. The highest BCUT2D eigenvalue weighted by molar-refractivity contribution is 9.10. The van der Waals surface area contributed by atoms with Crippen LogP contribution in [0.4, 0.5) is 15.4 Å². The van der Waals surface area contributed by atoms with Crippen LogP contribution in [-0.2, 0) is 9.47 Å². The number of carbonyl (C=O) groups excluding carboxylic acids is 2. The Kier molecular flexibility index (Phi) is 6.09. The van der Waals surface area contributed by atoms with Crippen LogP contribution in [0.15, 0.2) is 45.5 Å². The van der Waals surface area contributed by atoms with Gasteiger partial charge in [-0.05, 0) is 57.5 Å². The standard InChI is InChI=1S/C22H24BrN3O5/c1-21(2,3)30-19(27)26(20(28)31-22(4,5)6)17-14-15(23)16(13-10-8-7-9-11-13)29-18(14)25-12-24-17/h7-12H,1-6H3. The molecule has 0 fully saturated rings. The molecule has 2 aromatic heterocycles. The van der Waals surface area contributed by atoms with Crippen LogP contribution in [0.1, 0.15) is 41.5 Å². The van der Waals surface area contributed by atoms with Crippen LogP contribution < -0.4 is 4.90 Å². The summed E-state index contributed by atoms with van der Waals surface area (Å²) in [5.41, 5.74) is -0.689. The minimum Gasteiger partial charge on any atom is -0.443 e. The largest absolute Gasteiger partial charge is 0.443 e. The average Bonchev–Trinajstić information content (AvgIpc) is 2.97. The summed E-state index contributed by atoms with van der Waals surface area (Å²) in [7, 11) is 0. The molecular formula is C22H24BrN3O5. The zero-order valence-corrected chi connectivity index (χ0v) is 19.8. The topological polar surface area (TPSA) is 94.8 Å². The molecule has 0 unspecified atom stereocenters. The minimum atomic E-state index is -0.920. The number of anilines is 1. The number of imide groups is 1. The first-order chi connectivity index (χ1) is 14.4. The van der Waals surface area contributed by atoms with Gasteiger partial charge in [-0.25, -0.2) is 19.6 Å². The molecule has 0 aliphatic carbocycles. The third kappa shape index (κ3) is 5.22. The number of hydrogen-bond acceptors (Lipinski definition) is 7. The van der Waals surface area contributed by atoms with Gasteiger partial charge in [0.25, 0.3) is 0 Å². The van der Waals surface area contributed by atoms with Gasteiger partial charge in [0.1, 0.15) is 17.5 Å². The monoisotopic (exact) mass is 489 g/mol. The second-order valence-electron chi connectivity index (χ2n) is 8.78. The summed E-state index contributed by atoms with van der Waals surface area (Å²) < 4.78 is 17.3. The maximum absolute atomic E-state index is 13.0. The van der Waals surface area contributed by atoms with E-state index in [1.165, 1.54) is 6.33 Å². The molecule has 8 nitrogen and oxygen atoms in total. The van der Waals surface area contributed by atoms with Crippen molar-refractivity contribution in [3.8, 4) is 11.3 Å². The molecule has 164 valence electrons.